The Kier molecular flexibility index (Phi) is 6.28. The third kappa shape index (κ3) is 4.32. The van der Waals surface area contributed by atoms with Crippen LogP contribution in [0.2, 0.25) is 5.02 Å². The Hall–Kier alpha value is -1.68. The lowest BCUT2D eigenvalue weighted by molar-refractivity contribution is -0.129. The number of anilines is 1. The highest BCUT2D eigenvalue weighted by Gasteiger charge is 2.35. The van der Waals surface area contributed by atoms with Gasteiger partial charge >= 0.3 is 0 Å². The van der Waals surface area contributed by atoms with Gasteiger partial charge in [-0.1, -0.05) is 11.6 Å². The molecular formula is C18H24ClN3O5S. The summed E-state index contributed by atoms with van der Waals surface area (Å²) in [5.41, 5.74) is 0.330. The predicted octanol–water partition coefficient (Wildman–Crippen LogP) is 1.56. The van der Waals surface area contributed by atoms with E-state index in [9.17, 15) is 18.0 Å². The second kappa shape index (κ2) is 8.36. The molecule has 2 aliphatic heterocycles. The van der Waals surface area contributed by atoms with E-state index >= 15 is 0 Å². The first-order valence-electron chi connectivity index (χ1n) is 9.18. The van der Waals surface area contributed by atoms with E-state index in [2.05, 4.69) is 5.32 Å². The van der Waals surface area contributed by atoms with E-state index in [1.807, 2.05) is 13.8 Å². The summed E-state index contributed by atoms with van der Waals surface area (Å²) >= 11 is 6.14. The molecule has 3 rings (SSSR count). The van der Waals surface area contributed by atoms with Crippen molar-refractivity contribution < 1.29 is 22.7 Å². The minimum Gasteiger partial charge on any atom is -0.379 e. The largest absolute Gasteiger partial charge is 0.379 e. The van der Waals surface area contributed by atoms with Gasteiger partial charge in [-0.2, -0.15) is 4.31 Å². The van der Waals surface area contributed by atoms with Gasteiger partial charge in [-0.05, 0) is 32.0 Å². The smallest absolute Gasteiger partial charge is 0.244 e. The molecule has 0 aliphatic carbocycles. The minimum atomic E-state index is -3.79. The van der Waals surface area contributed by atoms with Gasteiger partial charge in [-0.25, -0.2) is 8.42 Å². The van der Waals surface area contributed by atoms with Crippen molar-refractivity contribution >= 4 is 39.1 Å². The molecule has 1 atom stereocenters. The first-order chi connectivity index (χ1) is 13.2. The molecule has 2 saturated heterocycles. The van der Waals surface area contributed by atoms with Crippen LogP contribution in [-0.4, -0.2) is 68.3 Å². The number of ether oxygens (including phenoxy) is 1. The summed E-state index contributed by atoms with van der Waals surface area (Å²) in [4.78, 5) is 26.2. The van der Waals surface area contributed by atoms with Crippen LogP contribution in [0.25, 0.3) is 0 Å². The maximum absolute atomic E-state index is 12.9. The summed E-state index contributed by atoms with van der Waals surface area (Å²) in [6, 6.07) is 4.40. The molecule has 10 heteroatoms. The van der Waals surface area contributed by atoms with Crippen LogP contribution in [0.4, 0.5) is 5.69 Å². The van der Waals surface area contributed by atoms with Crippen LogP contribution < -0.4 is 5.32 Å². The van der Waals surface area contributed by atoms with Gasteiger partial charge in [0.15, 0.2) is 0 Å². The molecule has 2 fully saturated rings. The van der Waals surface area contributed by atoms with Crippen molar-refractivity contribution in [3.8, 4) is 0 Å². The topological polar surface area (TPSA) is 96.0 Å². The molecule has 154 valence electrons. The lowest BCUT2D eigenvalue weighted by atomic mass is 10.1. The number of benzene rings is 1. The fraction of sp³-hybridized carbons (Fsp3) is 0.556. The van der Waals surface area contributed by atoms with E-state index in [0.717, 1.165) is 0 Å². The molecule has 8 nitrogen and oxygen atoms in total. The Labute approximate surface area is 169 Å². The second-order valence-electron chi connectivity index (χ2n) is 7.19. The summed E-state index contributed by atoms with van der Waals surface area (Å²) in [6.45, 7) is 5.33. The van der Waals surface area contributed by atoms with Gasteiger partial charge in [-0.3, -0.25) is 9.59 Å². The van der Waals surface area contributed by atoms with E-state index in [1.165, 1.54) is 16.4 Å². The average Bonchev–Trinajstić information content (AvgIpc) is 3.06. The zero-order valence-electron chi connectivity index (χ0n) is 15.9. The molecule has 2 aliphatic rings. The van der Waals surface area contributed by atoms with Crippen molar-refractivity contribution in [3.05, 3.63) is 23.2 Å². The number of nitrogens with zero attached hydrogens (tertiary/aromatic N) is 2. The van der Waals surface area contributed by atoms with Gasteiger partial charge in [-0.15, -0.1) is 0 Å². The standard InChI is InChI=1S/C18H24ClN3O5S/c1-12(2)22-11-13(9-17(22)23)18(24)20-14-3-4-15(19)16(10-14)28(25,26)21-5-7-27-8-6-21/h3-4,10,12-13H,5-9,11H2,1-2H3,(H,20,24). The Morgan fingerprint density at radius 1 is 1.29 bits per heavy atom. The highest BCUT2D eigenvalue weighted by Crippen LogP contribution is 2.29. The van der Waals surface area contributed by atoms with Crippen LogP contribution in [0.3, 0.4) is 0 Å². The first kappa shape index (κ1) is 21.0. The van der Waals surface area contributed by atoms with Crippen molar-refractivity contribution in [2.75, 3.05) is 38.2 Å². The van der Waals surface area contributed by atoms with Gasteiger partial charge in [0.2, 0.25) is 21.8 Å². The Morgan fingerprint density at radius 3 is 2.57 bits per heavy atom. The summed E-state index contributed by atoms with van der Waals surface area (Å²) in [5.74, 6) is -0.833. The zero-order valence-corrected chi connectivity index (χ0v) is 17.4. The van der Waals surface area contributed by atoms with Crippen LogP contribution in [0.1, 0.15) is 20.3 Å². The highest BCUT2D eigenvalue weighted by molar-refractivity contribution is 7.89. The number of halogens is 1. The first-order valence-corrected chi connectivity index (χ1v) is 11.0. The normalized spacial score (nSPS) is 21.4. The van der Waals surface area contributed by atoms with Crippen molar-refractivity contribution in [1.29, 1.82) is 0 Å². The molecule has 1 aromatic rings. The number of carbonyl (C=O) groups is 2. The van der Waals surface area contributed by atoms with Gasteiger partial charge in [0.25, 0.3) is 0 Å². The molecule has 0 bridgehead atoms. The molecule has 0 spiro atoms. The lowest BCUT2D eigenvalue weighted by Gasteiger charge is -2.26. The second-order valence-corrected chi connectivity index (χ2v) is 9.51. The third-order valence-corrected chi connectivity index (χ3v) is 7.32. The van der Waals surface area contributed by atoms with E-state index in [-0.39, 0.29) is 47.3 Å². The molecule has 0 saturated carbocycles. The molecule has 1 aromatic carbocycles. The summed E-state index contributed by atoms with van der Waals surface area (Å²) in [7, 11) is -3.79. The number of hydrogen-bond donors (Lipinski definition) is 1. The molecule has 2 amide bonds. The highest BCUT2D eigenvalue weighted by atomic mass is 35.5. The van der Waals surface area contributed by atoms with Crippen LogP contribution in [0.5, 0.6) is 0 Å². The SMILES string of the molecule is CC(C)N1CC(C(=O)Nc2ccc(Cl)c(S(=O)(=O)N3CCOCC3)c2)CC1=O. The van der Waals surface area contributed by atoms with Crippen LogP contribution >= 0.6 is 11.6 Å². The van der Waals surface area contributed by atoms with E-state index in [1.54, 1.807) is 11.0 Å². The van der Waals surface area contributed by atoms with Gasteiger partial charge in [0.05, 0.1) is 24.2 Å². The maximum atomic E-state index is 12.9. The maximum Gasteiger partial charge on any atom is 0.244 e. The predicted molar refractivity (Wildman–Crippen MR) is 105 cm³/mol. The summed E-state index contributed by atoms with van der Waals surface area (Å²) < 4.78 is 32.3. The van der Waals surface area contributed by atoms with E-state index < -0.39 is 15.9 Å². The Bertz CT molecular complexity index is 868. The minimum absolute atomic E-state index is 0.0334. The molecule has 1 N–H and O–H groups in total. The number of sulfonamides is 1. The molecule has 28 heavy (non-hydrogen) atoms. The van der Waals surface area contributed by atoms with Crippen LogP contribution in [0, 0.1) is 5.92 Å². The summed E-state index contributed by atoms with van der Waals surface area (Å²) in [5, 5.41) is 2.81. The van der Waals surface area contributed by atoms with Crippen molar-refractivity contribution in [1.82, 2.24) is 9.21 Å². The number of rotatable bonds is 5. The number of likely N-dealkylation sites (tertiary alicyclic amines) is 1. The number of nitrogens with one attached hydrogen (secondary N) is 1. The fourth-order valence-corrected chi connectivity index (χ4v) is 5.26. The van der Waals surface area contributed by atoms with E-state index in [4.69, 9.17) is 16.3 Å². The molecular weight excluding hydrogens is 406 g/mol. The van der Waals surface area contributed by atoms with Gasteiger partial charge < -0.3 is 15.0 Å². The average molecular weight is 430 g/mol. The Morgan fingerprint density at radius 2 is 1.96 bits per heavy atom. The van der Waals surface area contributed by atoms with Crippen molar-refractivity contribution in [3.63, 3.8) is 0 Å². The monoisotopic (exact) mass is 429 g/mol. The fourth-order valence-electron chi connectivity index (χ4n) is 3.36. The molecule has 0 aromatic heterocycles. The number of morpholine rings is 1. The molecule has 1 unspecified atom stereocenters. The number of hydrogen-bond acceptors (Lipinski definition) is 5. The zero-order chi connectivity index (χ0) is 20.5. The van der Waals surface area contributed by atoms with Crippen LogP contribution in [-0.2, 0) is 24.3 Å². The molecule has 0 radical (unpaired) electrons. The van der Waals surface area contributed by atoms with Gasteiger partial charge in [0.1, 0.15) is 4.90 Å². The van der Waals surface area contributed by atoms with Crippen LogP contribution in [0.15, 0.2) is 23.1 Å². The Balaban J connectivity index is 1.76. The lowest BCUT2D eigenvalue weighted by Crippen LogP contribution is -2.40. The van der Waals surface area contributed by atoms with Crippen molar-refractivity contribution in [2.24, 2.45) is 5.92 Å². The molecule has 2 heterocycles. The number of carbonyl (C=O) groups excluding carboxylic acids is 2. The van der Waals surface area contributed by atoms with Crippen molar-refractivity contribution in [2.45, 2.75) is 31.2 Å². The third-order valence-electron chi connectivity index (χ3n) is 4.94. The number of amides is 2. The van der Waals surface area contributed by atoms with E-state index in [0.29, 0.717) is 25.4 Å². The quantitative estimate of drug-likeness (QED) is 0.766. The van der Waals surface area contributed by atoms with Gasteiger partial charge in [0, 0.05) is 37.8 Å². The summed E-state index contributed by atoms with van der Waals surface area (Å²) in [6.07, 6.45) is 0.149.